The third kappa shape index (κ3) is 6.14. The number of ketones is 1. The molecular formula is C22H34O6. The Bertz CT molecular complexity index is 658. The second-order valence-corrected chi connectivity index (χ2v) is 7.44. The van der Waals surface area contributed by atoms with E-state index >= 15 is 0 Å². The van der Waals surface area contributed by atoms with Gasteiger partial charge in [0.25, 0.3) is 5.79 Å². The van der Waals surface area contributed by atoms with Gasteiger partial charge in [-0.1, -0.05) is 37.3 Å². The summed E-state index contributed by atoms with van der Waals surface area (Å²) in [5, 5.41) is 39.9. The maximum atomic E-state index is 12.0. The van der Waals surface area contributed by atoms with Crippen molar-refractivity contribution >= 4 is 5.78 Å². The summed E-state index contributed by atoms with van der Waals surface area (Å²) in [6, 6.07) is 0. The van der Waals surface area contributed by atoms with Crippen LogP contribution in [0.5, 0.6) is 0 Å². The highest BCUT2D eigenvalue weighted by Gasteiger charge is 2.50. The van der Waals surface area contributed by atoms with Crippen molar-refractivity contribution in [3.63, 3.8) is 0 Å². The number of ether oxygens (including phenoxy) is 1. The number of aliphatic hydroxyl groups excluding tert-OH is 3. The number of Topliss-reactive ketones (excluding diaryl/α,β-unsaturated/α-hetero) is 1. The fourth-order valence-electron chi connectivity index (χ4n) is 2.89. The maximum Gasteiger partial charge on any atom is 0.298 e. The first-order valence-electron chi connectivity index (χ1n) is 9.70. The van der Waals surface area contributed by atoms with Crippen LogP contribution in [0.2, 0.25) is 0 Å². The van der Waals surface area contributed by atoms with E-state index in [1.165, 1.54) is 13.8 Å². The van der Waals surface area contributed by atoms with Gasteiger partial charge in [-0.05, 0) is 46.1 Å². The van der Waals surface area contributed by atoms with Crippen molar-refractivity contribution in [2.75, 3.05) is 0 Å². The van der Waals surface area contributed by atoms with E-state index in [4.69, 9.17) is 4.74 Å². The number of carbonyl (C=O) groups excluding carboxylic acids is 1. The lowest BCUT2D eigenvalue weighted by atomic mass is 9.98. The molecule has 0 amide bonds. The number of hydrogen-bond acceptors (Lipinski definition) is 6. The van der Waals surface area contributed by atoms with Gasteiger partial charge in [0, 0.05) is 17.9 Å². The van der Waals surface area contributed by atoms with Crippen LogP contribution in [0.1, 0.15) is 53.9 Å². The molecule has 0 saturated heterocycles. The lowest BCUT2D eigenvalue weighted by molar-refractivity contribution is -0.213. The van der Waals surface area contributed by atoms with E-state index < -0.39 is 29.9 Å². The highest BCUT2D eigenvalue weighted by atomic mass is 16.6. The van der Waals surface area contributed by atoms with Gasteiger partial charge in [0.2, 0.25) is 5.78 Å². The molecule has 0 aromatic carbocycles. The van der Waals surface area contributed by atoms with Crippen LogP contribution in [0.4, 0.5) is 0 Å². The summed E-state index contributed by atoms with van der Waals surface area (Å²) in [5.74, 6) is -2.70. The molecule has 6 nitrogen and oxygen atoms in total. The molecular weight excluding hydrogens is 360 g/mol. The summed E-state index contributed by atoms with van der Waals surface area (Å²) in [6.07, 6.45) is 8.06. The quantitative estimate of drug-likeness (QED) is 0.335. The first-order chi connectivity index (χ1) is 13.0. The van der Waals surface area contributed by atoms with Gasteiger partial charge in [-0.25, -0.2) is 0 Å². The Labute approximate surface area is 167 Å². The van der Waals surface area contributed by atoms with Gasteiger partial charge in [0.15, 0.2) is 0 Å². The molecule has 0 fully saturated rings. The van der Waals surface area contributed by atoms with Crippen molar-refractivity contribution < 1.29 is 30.0 Å². The van der Waals surface area contributed by atoms with Gasteiger partial charge in [0.1, 0.15) is 11.9 Å². The van der Waals surface area contributed by atoms with E-state index in [-0.39, 0.29) is 23.7 Å². The first-order valence-corrected chi connectivity index (χ1v) is 9.70. The largest absolute Gasteiger partial charge is 0.456 e. The maximum absolute atomic E-state index is 12.0. The Morgan fingerprint density at radius 3 is 2.39 bits per heavy atom. The molecule has 28 heavy (non-hydrogen) atoms. The number of aliphatic hydroxyl groups is 4. The Balaban J connectivity index is 2.46. The van der Waals surface area contributed by atoms with Crippen molar-refractivity contribution in [1.82, 2.24) is 0 Å². The zero-order valence-corrected chi connectivity index (χ0v) is 17.4. The van der Waals surface area contributed by atoms with Crippen LogP contribution in [0.3, 0.4) is 0 Å². The van der Waals surface area contributed by atoms with E-state index in [0.29, 0.717) is 12.8 Å². The summed E-state index contributed by atoms with van der Waals surface area (Å²) in [7, 11) is 0. The molecule has 0 aromatic heterocycles. The fraction of sp³-hybridized carbons (Fsp3) is 0.591. The predicted octanol–water partition coefficient (Wildman–Crippen LogP) is 2.54. The third-order valence-electron chi connectivity index (χ3n) is 5.10. The van der Waals surface area contributed by atoms with Gasteiger partial charge >= 0.3 is 0 Å². The topological polar surface area (TPSA) is 107 Å². The van der Waals surface area contributed by atoms with Crippen LogP contribution in [0.15, 0.2) is 47.3 Å². The second-order valence-electron chi connectivity index (χ2n) is 7.44. The summed E-state index contributed by atoms with van der Waals surface area (Å²) in [4.78, 5) is 12.0. The number of hydrogen-bond donors (Lipinski definition) is 4. The monoisotopic (exact) mass is 394 g/mol. The third-order valence-corrected chi connectivity index (χ3v) is 5.10. The van der Waals surface area contributed by atoms with Crippen molar-refractivity contribution in [1.29, 1.82) is 0 Å². The van der Waals surface area contributed by atoms with E-state index in [1.54, 1.807) is 0 Å². The number of rotatable bonds is 10. The Morgan fingerprint density at radius 1 is 1.21 bits per heavy atom. The predicted molar refractivity (Wildman–Crippen MR) is 108 cm³/mol. The Hall–Kier alpha value is -1.73. The average Bonchev–Trinajstić information content (AvgIpc) is 2.87. The van der Waals surface area contributed by atoms with E-state index in [2.05, 4.69) is 0 Å². The zero-order chi connectivity index (χ0) is 21.5. The summed E-state index contributed by atoms with van der Waals surface area (Å²) in [5.41, 5.74) is 1.16. The molecule has 0 aliphatic carbocycles. The minimum atomic E-state index is -2.25. The fourth-order valence-corrected chi connectivity index (χ4v) is 2.89. The smallest absolute Gasteiger partial charge is 0.298 e. The highest BCUT2D eigenvalue weighted by Crippen LogP contribution is 2.33. The van der Waals surface area contributed by atoms with Crippen LogP contribution in [0.25, 0.3) is 0 Å². The summed E-state index contributed by atoms with van der Waals surface area (Å²) in [6.45, 7) is 8.53. The molecule has 1 aliphatic heterocycles. The minimum absolute atomic E-state index is 0.00562. The van der Waals surface area contributed by atoms with Crippen LogP contribution in [-0.2, 0) is 9.53 Å². The molecule has 0 saturated carbocycles. The zero-order valence-electron chi connectivity index (χ0n) is 17.4. The van der Waals surface area contributed by atoms with Gasteiger partial charge in [-0.2, -0.15) is 0 Å². The molecule has 0 bridgehead atoms. The molecule has 0 aromatic rings. The molecule has 5 atom stereocenters. The van der Waals surface area contributed by atoms with Gasteiger partial charge in [0.05, 0.1) is 12.2 Å². The summed E-state index contributed by atoms with van der Waals surface area (Å²) < 4.78 is 5.25. The molecule has 0 spiro atoms. The van der Waals surface area contributed by atoms with E-state index in [0.717, 1.165) is 5.57 Å². The van der Waals surface area contributed by atoms with Crippen LogP contribution in [-0.4, -0.2) is 50.3 Å². The van der Waals surface area contributed by atoms with Gasteiger partial charge < -0.3 is 25.2 Å². The molecule has 1 aliphatic rings. The molecule has 4 N–H and O–H groups in total. The molecule has 0 radical (unpaired) electrons. The molecule has 158 valence electrons. The lowest BCUT2D eigenvalue weighted by Gasteiger charge is -2.25. The molecule has 1 rings (SSSR count). The Kier molecular flexibility index (Phi) is 9.30. The van der Waals surface area contributed by atoms with E-state index in [9.17, 15) is 25.2 Å². The lowest BCUT2D eigenvalue weighted by Crippen LogP contribution is -2.47. The highest BCUT2D eigenvalue weighted by molar-refractivity contribution is 6.03. The second kappa shape index (κ2) is 10.7. The van der Waals surface area contributed by atoms with Gasteiger partial charge in [-0.15, -0.1) is 0 Å². The van der Waals surface area contributed by atoms with Crippen molar-refractivity contribution in [3.8, 4) is 0 Å². The van der Waals surface area contributed by atoms with Crippen LogP contribution in [0, 0.1) is 5.92 Å². The standard InChI is InChI=1S/C22H34O6/c1-6-14(2)20(25)15(3)11-9-7-8-10-12-18(24)13-19-16(4)21(26)22(27,28-19)17(5)23/h6-9,11,15,17-18,20,23-25,27H,10,12-13H2,1-5H3/b8-7+,11-9+,14-6+/t15-,17-,18-,20-,22-/m0/s1. The number of allylic oxidation sites excluding steroid dienone is 4. The molecule has 0 unspecified atom stereocenters. The SMILES string of the molecule is C/C=C(\C)[C@H](O)[C@@H](C)/C=C/C=C/CC[C@H](O)CC1=C(C)C(=O)[C@](O)([C@H](C)O)O1. The summed E-state index contributed by atoms with van der Waals surface area (Å²) >= 11 is 0. The number of carbonyl (C=O) groups is 1. The van der Waals surface area contributed by atoms with Crippen LogP contribution >= 0.6 is 0 Å². The van der Waals surface area contributed by atoms with Crippen molar-refractivity contribution in [2.24, 2.45) is 5.92 Å². The van der Waals surface area contributed by atoms with Crippen molar-refractivity contribution in [2.45, 2.75) is 78.0 Å². The first kappa shape index (κ1) is 24.3. The minimum Gasteiger partial charge on any atom is -0.456 e. The van der Waals surface area contributed by atoms with Crippen molar-refractivity contribution in [3.05, 3.63) is 47.3 Å². The van der Waals surface area contributed by atoms with Gasteiger partial charge in [-0.3, -0.25) is 4.79 Å². The normalized spacial score (nSPS) is 25.5. The molecule has 1 heterocycles. The average molecular weight is 395 g/mol. The van der Waals surface area contributed by atoms with Crippen LogP contribution < -0.4 is 0 Å². The van der Waals surface area contributed by atoms with E-state index in [1.807, 2.05) is 51.2 Å². The molecule has 6 heteroatoms. The Morgan fingerprint density at radius 2 is 1.86 bits per heavy atom.